The molecule has 0 radical (unpaired) electrons. The Hall–Kier alpha value is -1.22. The van der Waals surface area contributed by atoms with E-state index in [2.05, 4.69) is 10.2 Å². The molecule has 0 unspecified atom stereocenters. The van der Waals surface area contributed by atoms with Crippen molar-refractivity contribution in [2.45, 2.75) is 0 Å². The van der Waals surface area contributed by atoms with Crippen LogP contribution in [-0.2, 0) is 0 Å². The Balaban J connectivity index is 2.70. The monoisotopic (exact) mass is 141 g/mol. The van der Waals surface area contributed by atoms with Crippen LogP contribution < -0.4 is 16.0 Å². The number of hydrazine groups is 1. The molecule has 3 heteroatoms. The number of anilines is 1. The molecule has 0 aliphatic rings. The largest absolute Gasteiger partial charge is 0.497 e. The van der Waals surface area contributed by atoms with Crippen molar-refractivity contribution < 1.29 is 8.85 Å². The summed E-state index contributed by atoms with van der Waals surface area (Å²) >= 11 is 0. The number of rotatable bonds is 2. The van der Waals surface area contributed by atoms with Gasteiger partial charge in [0, 0.05) is 5.69 Å². The van der Waals surface area contributed by atoms with E-state index in [1.54, 1.807) is 12.1 Å². The van der Waals surface area contributed by atoms with E-state index < -0.39 is 7.04 Å². The molecule has 1 aromatic carbocycles. The summed E-state index contributed by atoms with van der Waals surface area (Å²) in [6.45, 7) is 0. The van der Waals surface area contributed by atoms with Gasteiger partial charge in [0.05, 0.1) is 11.2 Å². The molecule has 0 saturated carbocycles. The number of nitrogens with one attached hydrogen (secondary N) is 1. The third-order valence-corrected chi connectivity index (χ3v) is 1.14. The minimum Gasteiger partial charge on any atom is -0.497 e. The van der Waals surface area contributed by atoms with Crippen LogP contribution in [0.15, 0.2) is 24.3 Å². The summed E-state index contributed by atoms with van der Waals surface area (Å²) in [4.78, 5) is 0. The summed E-state index contributed by atoms with van der Waals surface area (Å²) in [5.74, 6) is 5.42. The lowest BCUT2D eigenvalue weighted by Crippen LogP contribution is -2.05. The predicted molar refractivity (Wildman–Crippen MR) is 40.8 cm³/mol. The zero-order valence-corrected chi connectivity index (χ0v) is 5.29. The first-order valence-electron chi connectivity index (χ1n) is 4.27. The van der Waals surface area contributed by atoms with Gasteiger partial charge in [-0.05, 0) is 24.3 Å². The first kappa shape index (κ1) is 3.83. The number of hydrogen-bond acceptors (Lipinski definition) is 3. The van der Waals surface area contributed by atoms with E-state index in [9.17, 15) is 0 Å². The van der Waals surface area contributed by atoms with Gasteiger partial charge in [-0.25, -0.2) is 0 Å². The van der Waals surface area contributed by atoms with Crippen LogP contribution in [0.25, 0.3) is 0 Å². The molecular weight excluding hydrogens is 128 g/mol. The number of nitrogen functional groups attached to an aromatic ring is 1. The maximum absolute atomic E-state index is 6.84. The second kappa shape index (κ2) is 3.08. The summed E-state index contributed by atoms with van der Waals surface area (Å²) in [5.41, 5.74) is 3.11. The minimum atomic E-state index is -2.41. The molecule has 0 atom stereocenters. The average molecular weight is 141 g/mol. The van der Waals surface area contributed by atoms with Gasteiger partial charge in [0.2, 0.25) is 0 Å². The van der Waals surface area contributed by atoms with Crippen LogP contribution >= 0.6 is 0 Å². The molecule has 0 fully saturated rings. The van der Waals surface area contributed by atoms with Crippen LogP contribution in [-0.4, -0.2) is 7.04 Å². The molecule has 0 saturated heterocycles. The van der Waals surface area contributed by atoms with Gasteiger partial charge in [-0.2, -0.15) is 0 Å². The standard InChI is InChI=1S/C7H10N2O/c1-10-7-4-2-6(9-8)3-5-7/h2-5,9H,8H2,1H3/i1D3. The highest BCUT2D eigenvalue weighted by molar-refractivity contribution is 5.44. The summed E-state index contributed by atoms with van der Waals surface area (Å²) in [5, 5.41) is 0. The van der Waals surface area contributed by atoms with Crippen molar-refractivity contribution >= 4 is 5.69 Å². The number of ether oxygens (including phenoxy) is 1. The molecule has 0 aromatic heterocycles. The fourth-order valence-corrected chi connectivity index (χ4v) is 0.619. The van der Waals surface area contributed by atoms with Crippen molar-refractivity contribution in [2.24, 2.45) is 5.84 Å². The third kappa shape index (κ3) is 1.39. The number of nitrogens with two attached hydrogens (primary N) is 1. The van der Waals surface area contributed by atoms with E-state index in [0.717, 1.165) is 0 Å². The van der Waals surface area contributed by atoms with Gasteiger partial charge in [-0.1, -0.05) is 0 Å². The molecule has 0 amide bonds. The topological polar surface area (TPSA) is 47.3 Å². The zero-order chi connectivity index (χ0) is 9.90. The maximum atomic E-state index is 6.84. The molecule has 0 spiro atoms. The Morgan fingerprint density at radius 3 is 2.70 bits per heavy atom. The Labute approximate surface area is 64.0 Å². The molecule has 54 valence electrons. The van der Waals surface area contributed by atoms with Crippen molar-refractivity contribution in [1.82, 2.24) is 0 Å². The van der Waals surface area contributed by atoms with E-state index in [-0.39, 0.29) is 0 Å². The van der Waals surface area contributed by atoms with Crippen molar-refractivity contribution in [3.8, 4) is 5.75 Å². The Morgan fingerprint density at radius 2 is 2.20 bits per heavy atom. The molecule has 1 aromatic rings. The van der Waals surface area contributed by atoms with E-state index in [1.807, 2.05) is 0 Å². The quantitative estimate of drug-likeness (QED) is 0.476. The predicted octanol–water partition coefficient (Wildman–Crippen LogP) is 0.981. The fourth-order valence-electron chi connectivity index (χ4n) is 0.619. The lowest BCUT2D eigenvalue weighted by molar-refractivity contribution is 0.415. The molecule has 0 aliphatic carbocycles. The lowest BCUT2D eigenvalue weighted by Gasteiger charge is -2.00. The van der Waals surface area contributed by atoms with Gasteiger partial charge in [0.25, 0.3) is 0 Å². The first-order valence-corrected chi connectivity index (χ1v) is 2.77. The van der Waals surface area contributed by atoms with Crippen LogP contribution in [0.1, 0.15) is 4.11 Å². The van der Waals surface area contributed by atoms with Gasteiger partial charge in [0.1, 0.15) is 5.75 Å². The first-order chi connectivity index (χ1) is 6.01. The van der Waals surface area contributed by atoms with Gasteiger partial charge in [-0.3, -0.25) is 5.84 Å². The van der Waals surface area contributed by atoms with Crippen molar-refractivity contribution in [3.05, 3.63) is 24.3 Å². The van der Waals surface area contributed by atoms with E-state index in [0.29, 0.717) is 11.4 Å². The molecular formula is C7H10N2O. The Bertz CT molecular complexity index is 270. The SMILES string of the molecule is [2H]C([2H])([2H])Oc1ccc(NN)cc1. The number of methoxy groups -OCH3 is 1. The van der Waals surface area contributed by atoms with E-state index in [1.165, 1.54) is 12.1 Å². The minimum absolute atomic E-state index is 0.291. The highest BCUT2D eigenvalue weighted by Gasteiger charge is 1.88. The van der Waals surface area contributed by atoms with Crippen LogP contribution in [0.3, 0.4) is 0 Å². The fraction of sp³-hybridized carbons (Fsp3) is 0.143. The van der Waals surface area contributed by atoms with Crippen molar-refractivity contribution in [3.63, 3.8) is 0 Å². The highest BCUT2D eigenvalue weighted by atomic mass is 16.5. The van der Waals surface area contributed by atoms with Crippen LogP contribution in [0.5, 0.6) is 5.75 Å². The summed E-state index contributed by atoms with van der Waals surface area (Å²) < 4.78 is 25.1. The molecule has 10 heavy (non-hydrogen) atoms. The maximum Gasteiger partial charge on any atom is 0.119 e. The van der Waals surface area contributed by atoms with Crippen LogP contribution in [0, 0.1) is 0 Å². The molecule has 0 bridgehead atoms. The number of hydrogen-bond donors (Lipinski definition) is 2. The van der Waals surface area contributed by atoms with Crippen molar-refractivity contribution in [2.75, 3.05) is 12.5 Å². The average Bonchev–Trinajstić information content (AvgIpc) is 2.03. The van der Waals surface area contributed by atoms with Gasteiger partial charge in [-0.15, -0.1) is 0 Å². The Morgan fingerprint density at radius 1 is 1.50 bits per heavy atom. The van der Waals surface area contributed by atoms with Gasteiger partial charge >= 0.3 is 0 Å². The number of benzene rings is 1. The van der Waals surface area contributed by atoms with Crippen molar-refractivity contribution in [1.29, 1.82) is 0 Å². The second-order valence-corrected chi connectivity index (χ2v) is 1.77. The molecule has 0 heterocycles. The molecule has 0 aliphatic heterocycles. The van der Waals surface area contributed by atoms with Gasteiger partial charge in [0.15, 0.2) is 0 Å². The Kier molecular flexibility index (Phi) is 1.18. The molecule has 1 rings (SSSR count). The lowest BCUT2D eigenvalue weighted by atomic mass is 10.3. The van der Waals surface area contributed by atoms with Crippen LogP contribution in [0.4, 0.5) is 5.69 Å². The van der Waals surface area contributed by atoms with Crippen LogP contribution in [0.2, 0.25) is 0 Å². The normalized spacial score (nSPS) is 14.7. The second-order valence-electron chi connectivity index (χ2n) is 1.77. The molecule has 3 nitrogen and oxygen atoms in total. The summed E-state index contributed by atoms with van der Waals surface area (Å²) in [6, 6.07) is 6.31. The van der Waals surface area contributed by atoms with E-state index in [4.69, 9.17) is 9.95 Å². The van der Waals surface area contributed by atoms with Gasteiger partial charge < -0.3 is 10.2 Å². The summed E-state index contributed by atoms with van der Waals surface area (Å²) in [7, 11) is -2.41. The smallest absolute Gasteiger partial charge is 0.119 e. The third-order valence-electron chi connectivity index (χ3n) is 1.14. The molecule has 3 N–H and O–H groups in total. The zero-order valence-electron chi connectivity index (χ0n) is 8.29. The van der Waals surface area contributed by atoms with E-state index >= 15 is 0 Å². The highest BCUT2D eigenvalue weighted by Crippen LogP contribution is 2.13. The summed E-state index contributed by atoms with van der Waals surface area (Å²) in [6.07, 6.45) is 0.